The molecule has 2 atom stereocenters. The maximum absolute atomic E-state index is 15.4. The van der Waals surface area contributed by atoms with Gasteiger partial charge in [0.25, 0.3) is 0 Å². The lowest BCUT2D eigenvalue weighted by Gasteiger charge is -2.37. The summed E-state index contributed by atoms with van der Waals surface area (Å²) in [7, 11) is -3.03. The third kappa shape index (κ3) is 3.94. The van der Waals surface area contributed by atoms with Crippen LogP contribution in [0.4, 0.5) is 0 Å². The van der Waals surface area contributed by atoms with E-state index in [4.69, 9.17) is 4.98 Å². The summed E-state index contributed by atoms with van der Waals surface area (Å²) in [5.41, 5.74) is 4.25. The van der Waals surface area contributed by atoms with Crippen LogP contribution in [0, 0.1) is 0 Å². The van der Waals surface area contributed by atoms with Crippen molar-refractivity contribution in [2.75, 3.05) is 0 Å². The molecule has 2 unspecified atom stereocenters. The van der Waals surface area contributed by atoms with Crippen LogP contribution in [-0.2, 0) is 4.57 Å². The smallest absolute Gasteiger partial charge is 0.152 e. The lowest BCUT2D eigenvalue weighted by atomic mass is 9.92. The molecule has 43 heavy (non-hydrogen) atoms. The molecule has 206 valence electrons. The predicted octanol–water partition coefficient (Wildman–Crippen LogP) is 9.95. The Morgan fingerprint density at radius 1 is 0.581 bits per heavy atom. The molecular formula is C40H30NOP. The monoisotopic (exact) mass is 571 g/mol. The van der Waals surface area contributed by atoms with Crippen molar-refractivity contribution in [1.82, 2.24) is 4.98 Å². The molecular weight excluding hydrogens is 541 g/mol. The molecule has 0 fully saturated rings. The van der Waals surface area contributed by atoms with Gasteiger partial charge in [0.2, 0.25) is 0 Å². The lowest BCUT2D eigenvalue weighted by Crippen LogP contribution is -2.34. The first-order valence-electron chi connectivity index (χ1n) is 14.8. The van der Waals surface area contributed by atoms with Crippen molar-refractivity contribution in [1.29, 1.82) is 0 Å². The van der Waals surface area contributed by atoms with E-state index in [9.17, 15) is 0 Å². The lowest BCUT2D eigenvalue weighted by molar-refractivity contribution is 0.565. The average molecular weight is 572 g/mol. The second-order valence-corrected chi connectivity index (χ2v) is 15.0. The average Bonchev–Trinajstić information content (AvgIpc) is 3.07. The van der Waals surface area contributed by atoms with E-state index in [0.717, 1.165) is 60.7 Å². The topological polar surface area (TPSA) is 30.0 Å². The molecule has 3 heteroatoms. The van der Waals surface area contributed by atoms with Crippen LogP contribution in [0.2, 0.25) is 0 Å². The highest BCUT2D eigenvalue weighted by molar-refractivity contribution is 7.80. The molecule has 0 saturated heterocycles. The minimum absolute atomic E-state index is 0.501. The number of fused-ring (bicyclic) bond motifs is 6. The summed E-state index contributed by atoms with van der Waals surface area (Å²) in [6, 6.07) is 44.3. The maximum Gasteiger partial charge on any atom is 0.152 e. The SMILES string of the molecule is CC1(P(=O)(c2ccccc2)c2ccc(-c3c4ccc5ccccc5c4nc4c3ccc3ccccc34)cc2)C=CC=CC1. The third-order valence-electron chi connectivity index (χ3n) is 9.16. The molecule has 0 amide bonds. The number of allylic oxidation sites excluding steroid dienone is 4. The number of nitrogens with zero attached hydrogens (tertiary/aromatic N) is 1. The summed E-state index contributed by atoms with van der Waals surface area (Å²) < 4.78 is 15.4. The number of rotatable bonds is 4. The molecule has 7 aromatic rings. The van der Waals surface area contributed by atoms with E-state index in [1.807, 2.05) is 42.5 Å². The molecule has 0 aliphatic heterocycles. The second kappa shape index (κ2) is 9.90. The zero-order valence-electron chi connectivity index (χ0n) is 23.9. The van der Waals surface area contributed by atoms with Crippen LogP contribution in [0.5, 0.6) is 0 Å². The fourth-order valence-electron chi connectivity index (χ4n) is 6.89. The van der Waals surface area contributed by atoms with Gasteiger partial charge in [0.15, 0.2) is 7.14 Å². The van der Waals surface area contributed by atoms with Crippen molar-refractivity contribution >= 4 is 61.1 Å². The van der Waals surface area contributed by atoms with Gasteiger partial charge in [0.1, 0.15) is 0 Å². The molecule has 0 radical (unpaired) electrons. The van der Waals surface area contributed by atoms with Crippen molar-refractivity contribution in [3.05, 3.63) is 152 Å². The quantitative estimate of drug-likeness (QED) is 0.120. The first kappa shape index (κ1) is 25.9. The fraction of sp³-hybridized carbons (Fsp3) is 0.0750. The number of aromatic nitrogens is 1. The number of hydrogen-bond donors (Lipinski definition) is 0. The van der Waals surface area contributed by atoms with Gasteiger partial charge in [-0.2, -0.15) is 0 Å². The van der Waals surface area contributed by atoms with Crippen LogP contribution in [0.25, 0.3) is 54.5 Å². The van der Waals surface area contributed by atoms with E-state index in [-0.39, 0.29) is 0 Å². The van der Waals surface area contributed by atoms with E-state index in [1.54, 1.807) is 0 Å². The van der Waals surface area contributed by atoms with Crippen LogP contribution < -0.4 is 10.6 Å². The van der Waals surface area contributed by atoms with Gasteiger partial charge >= 0.3 is 0 Å². The molecule has 0 bridgehead atoms. The highest BCUT2D eigenvalue weighted by atomic mass is 31.2. The van der Waals surface area contributed by atoms with Crippen LogP contribution in [-0.4, -0.2) is 10.1 Å². The molecule has 0 N–H and O–H groups in total. The van der Waals surface area contributed by atoms with Crippen LogP contribution >= 0.6 is 7.14 Å². The van der Waals surface area contributed by atoms with E-state index in [0.29, 0.717) is 0 Å². The molecule has 2 nitrogen and oxygen atoms in total. The maximum atomic E-state index is 15.4. The van der Waals surface area contributed by atoms with Gasteiger partial charge in [-0.1, -0.05) is 152 Å². The number of pyridine rings is 1. The Kier molecular flexibility index (Phi) is 5.96. The van der Waals surface area contributed by atoms with Gasteiger partial charge in [-0.3, -0.25) is 0 Å². The Bertz CT molecular complexity index is 2210. The summed E-state index contributed by atoms with van der Waals surface area (Å²) in [5.74, 6) is 0. The summed E-state index contributed by atoms with van der Waals surface area (Å²) in [6.07, 6.45) is 9.09. The number of benzene rings is 6. The largest absolute Gasteiger partial charge is 0.313 e. The van der Waals surface area contributed by atoms with Gasteiger partial charge in [-0.25, -0.2) is 4.98 Å². The van der Waals surface area contributed by atoms with E-state index < -0.39 is 12.3 Å². The third-order valence-corrected chi connectivity index (χ3v) is 13.0. The predicted molar refractivity (Wildman–Crippen MR) is 184 cm³/mol. The van der Waals surface area contributed by atoms with Crippen LogP contribution in [0.15, 0.2) is 152 Å². The molecule has 0 saturated carbocycles. The fourth-order valence-corrected chi connectivity index (χ4v) is 10.2. The molecule has 0 spiro atoms. The van der Waals surface area contributed by atoms with Crippen molar-refractivity contribution in [2.45, 2.75) is 18.5 Å². The first-order valence-corrected chi connectivity index (χ1v) is 16.5. The summed E-state index contributed by atoms with van der Waals surface area (Å²) >= 11 is 0. The first-order chi connectivity index (χ1) is 21.1. The standard InChI is InChI=1S/C40H30NOP/c1-40(26-10-3-11-27-40)43(42,31-14-4-2-5-15-31)32-22-18-30(19-23-32)37-35-24-20-28-12-6-8-16-33(28)38(35)41-39-34-17-9-7-13-29(34)21-25-36(37)39/h2-26H,27H2,1H3. The van der Waals surface area contributed by atoms with Crippen molar-refractivity contribution in [2.24, 2.45) is 0 Å². The molecule has 1 aromatic heterocycles. The highest BCUT2D eigenvalue weighted by Crippen LogP contribution is 2.59. The van der Waals surface area contributed by atoms with E-state index in [1.165, 1.54) is 10.8 Å². The summed E-state index contributed by atoms with van der Waals surface area (Å²) in [6.45, 7) is 2.13. The van der Waals surface area contributed by atoms with Crippen LogP contribution in [0.1, 0.15) is 13.3 Å². The molecule has 8 rings (SSSR count). The second-order valence-electron chi connectivity index (χ2n) is 11.7. The summed E-state index contributed by atoms with van der Waals surface area (Å²) in [4.78, 5) is 5.33. The minimum atomic E-state index is -3.03. The Morgan fingerprint density at radius 2 is 1.14 bits per heavy atom. The Morgan fingerprint density at radius 3 is 1.72 bits per heavy atom. The van der Waals surface area contributed by atoms with Crippen molar-refractivity contribution in [3.63, 3.8) is 0 Å². The zero-order chi connectivity index (χ0) is 29.0. The Hall–Kier alpha value is -4.78. The molecule has 1 heterocycles. The molecule has 1 aliphatic carbocycles. The summed E-state index contributed by atoms with van der Waals surface area (Å²) in [5, 5.41) is 8.15. The Balaban J connectivity index is 1.40. The van der Waals surface area contributed by atoms with Crippen molar-refractivity contribution in [3.8, 4) is 11.1 Å². The number of hydrogen-bond acceptors (Lipinski definition) is 2. The van der Waals surface area contributed by atoms with Crippen LogP contribution in [0.3, 0.4) is 0 Å². The minimum Gasteiger partial charge on any atom is -0.313 e. The highest BCUT2D eigenvalue weighted by Gasteiger charge is 2.44. The van der Waals surface area contributed by atoms with Gasteiger partial charge in [-0.15, -0.1) is 0 Å². The zero-order valence-corrected chi connectivity index (χ0v) is 24.8. The van der Waals surface area contributed by atoms with Gasteiger partial charge in [-0.05, 0) is 29.7 Å². The molecule has 1 aliphatic rings. The Labute approximate surface area is 251 Å². The van der Waals surface area contributed by atoms with Gasteiger partial charge in [0.05, 0.1) is 16.2 Å². The van der Waals surface area contributed by atoms with Gasteiger partial charge in [0, 0.05) is 37.7 Å². The van der Waals surface area contributed by atoms with E-state index >= 15 is 4.57 Å². The van der Waals surface area contributed by atoms with E-state index in [2.05, 4.69) is 116 Å². The van der Waals surface area contributed by atoms with Crippen molar-refractivity contribution < 1.29 is 4.57 Å². The normalized spacial score (nSPS) is 18.0. The van der Waals surface area contributed by atoms with Gasteiger partial charge < -0.3 is 4.57 Å². The molecule has 6 aromatic carbocycles.